The molecule has 4 N–H and O–H groups in total. The maximum Gasteiger partial charge on any atom is 0.356 e. The smallest absolute Gasteiger partial charge is 0.356 e. The van der Waals surface area contributed by atoms with Crippen LogP contribution in [0.3, 0.4) is 0 Å². The Bertz CT molecular complexity index is 499. The molecule has 0 radical (unpaired) electrons. The van der Waals surface area contributed by atoms with Gasteiger partial charge in [-0.15, -0.1) is 0 Å². The van der Waals surface area contributed by atoms with Gasteiger partial charge in [0.15, 0.2) is 11.5 Å². The number of hydrogen-bond donors (Lipinski definition) is 3. The molecule has 8 nitrogen and oxygen atoms in total. The zero-order valence-corrected chi connectivity index (χ0v) is 10.2. The molecule has 17 heavy (non-hydrogen) atoms. The lowest BCUT2D eigenvalue weighted by Gasteiger charge is -2.15. The number of nitrogen functional groups attached to an aromatic ring is 1. The minimum absolute atomic E-state index is 0.119. The zero-order chi connectivity index (χ0) is 13.2. The molecule has 0 aliphatic rings. The van der Waals surface area contributed by atoms with E-state index in [0.29, 0.717) is 0 Å². The highest BCUT2D eigenvalue weighted by atomic mass is 32.2. The average molecular weight is 282 g/mol. The van der Waals surface area contributed by atoms with E-state index in [1.54, 1.807) is 0 Å². The number of ether oxygens (including phenoxy) is 1. The first kappa shape index (κ1) is 13.9. The summed E-state index contributed by atoms with van der Waals surface area (Å²) >= 11 is -2.91. The van der Waals surface area contributed by atoms with Gasteiger partial charge in [0.1, 0.15) is 11.4 Å². The van der Waals surface area contributed by atoms with Crippen LogP contribution in [0.5, 0.6) is 11.5 Å². The van der Waals surface area contributed by atoms with Crippen LogP contribution in [0.2, 0.25) is 0 Å². The van der Waals surface area contributed by atoms with Gasteiger partial charge in [0.25, 0.3) is 0 Å². The van der Waals surface area contributed by atoms with Crippen LogP contribution in [0.25, 0.3) is 0 Å². The predicted molar refractivity (Wildman–Crippen MR) is 58.6 cm³/mol. The van der Waals surface area contributed by atoms with Crippen molar-refractivity contribution in [2.45, 2.75) is 0 Å². The van der Waals surface area contributed by atoms with Gasteiger partial charge in [-0.05, 0) is 6.07 Å². The summed E-state index contributed by atoms with van der Waals surface area (Å²) in [5.74, 6) is -0.509. The summed E-state index contributed by atoms with van der Waals surface area (Å²) in [5, 5.41) is -0.462. The first-order chi connectivity index (χ1) is 7.75. The van der Waals surface area contributed by atoms with Crippen molar-refractivity contribution in [1.82, 2.24) is 0 Å². The number of benzene rings is 1. The van der Waals surface area contributed by atoms with Gasteiger partial charge in [0.2, 0.25) is 0 Å². The van der Waals surface area contributed by atoms with Crippen molar-refractivity contribution in [1.29, 1.82) is 0 Å². The first-order valence-corrected chi connectivity index (χ1v) is 6.68. The van der Waals surface area contributed by atoms with E-state index < -0.39 is 24.3 Å². The second-order valence-electron chi connectivity index (χ2n) is 2.90. The first-order valence-electron chi connectivity index (χ1n) is 4.07. The largest absolute Gasteiger partial charge is 0.740 e. The molecule has 1 rings (SSSR count). The van der Waals surface area contributed by atoms with Crippen molar-refractivity contribution in [3.05, 3.63) is 12.1 Å². The SMILES string of the molecule is COc1c(N)cc(P(=O)(O)O)cc1OS(=O)[O-]. The maximum absolute atomic E-state index is 11.0. The summed E-state index contributed by atoms with van der Waals surface area (Å²) in [4.78, 5) is 17.9. The summed E-state index contributed by atoms with van der Waals surface area (Å²) in [7, 11) is -3.35. The third-order valence-corrected chi connectivity index (χ3v) is 3.01. The zero-order valence-electron chi connectivity index (χ0n) is 8.52. The van der Waals surface area contributed by atoms with Crippen LogP contribution >= 0.6 is 7.60 Å². The Morgan fingerprint density at radius 1 is 1.47 bits per heavy atom. The Balaban J connectivity index is 3.38. The Hall–Kier alpha value is -1.12. The van der Waals surface area contributed by atoms with Gasteiger partial charge in [-0.3, -0.25) is 4.57 Å². The molecule has 96 valence electrons. The standard InChI is InChI=1S/C7H10NO7PS/c1-14-7-5(8)2-4(16(9,10)11)3-6(7)15-17(12)13/h2-3H,8H2,1H3,(H,12,13)(H2,9,10,11)/p-1. The fraction of sp³-hybridized carbons (Fsp3) is 0.143. The molecule has 1 unspecified atom stereocenters. The van der Waals surface area contributed by atoms with E-state index in [0.717, 1.165) is 12.1 Å². The van der Waals surface area contributed by atoms with Gasteiger partial charge in [0.05, 0.1) is 18.1 Å². The van der Waals surface area contributed by atoms with Gasteiger partial charge in [-0.2, -0.15) is 0 Å². The minimum atomic E-state index is -4.56. The van der Waals surface area contributed by atoms with Crippen molar-refractivity contribution >= 4 is 29.9 Å². The topological polar surface area (TPSA) is 142 Å². The predicted octanol–water partition coefficient (Wildman–Crippen LogP) is -0.747. The van der Waals surface area contributed by atoms with E-state index >= 15 is 0 Å². The van der Waals surface area contributed by atoms with Crippen molar-refractivity contribution < 1.29 is 32.0 Å². The minimum Gasteiger partial charge on any atom is -0.740 e. The molecule has 0 heterocycles. The van der Waals surface area contributed by atoms with Gasteiger partial charge in [0, 0.05) is 6.07 Å². The maximum atomic E-state index is 11.0. The summed E-state index contributed by atoms with van der Waals surface area (Å²) in [5.41, 5.74) is 5.31. The van der Waals surface area contributed by atoms with E-state index in [-0.39, 0.29) is 17.2 Å². The fourth-order valence-corrected chi connectivity index (χ4v) is 1.99. The van der Waals surface area contributed by atoms with Gasteiger partial charge >= 0.3 is 7.60 Å². The number of nitrogens with two attached hydrogens (primary N) is 1. The molecule has 0 spiro atoms. The van der Waals surface area contributed by atoms with Gasteiger partial charge in [-0.1, -0.05) is 0 Å². The van der Waals surface area contributed by atoms with E-state index in [2.05, 4.69) is 4.18 Å². The quantitative estimate of drug-likeness (QED) is 0.372. The Morgan fingerprint density at radius 3 is 2.47 bits per heavy atom. The van der Waals surface area contributed by atoms with Crippen LogP contribution in [0.15, 0.2) is 12.1 Å². The molecule has 0 saturated heterocycles. The highest BCUT2D eigenvalue weighted by Gasteiger charge is 2.22. The van der Waals surface area contributed by atoms with Crippen molar-refractivity contribution in [3.63, 3.8) is 0 Å². The fourth-order valence-electron chi connectivity index (χ4n) is 1.13. The van der Waals surface area contributed by atoms with E-state index in [1.807, 2.05) is 0 Å². The highest BCUT2D eigenvalue weighted by molar-refractivity contribution is 7.74. The third-order valence-electron chi connectivity index (χ3n) is 1.77. The lowest BCUT2D eigenvalue weighted by atomic mass is 10.3. The van der Waals surface area contributed by atoms with E-state index in [4.69, 9.17) is 20.3 Å². The molecule has 1 aromatic rings. The molecule has 0 fully saturated rings. The van der Waals surface area contributed by atoms with Crippen LogP contribution in [0.1, 0.15) is 0 Å². The Kier molecular flexibility index (Phi) is 4.12. The number of methoxy groups -OCH3 is 1. The molecule has 0 aliphatic heterocycles. The molecule has 0 amide bonds. The van der Waals surface area contributed by atoms with Gasteiger partial charge < -0.3 is 29.0 Å². The molecule has 0 saturated carbocycles. The van der Waals surface area contributed by atoms with Gasteiger partial charge in [-0.25, -0.2) is 4.21 Å². The van der Waals surface area contributed by atoms with Crippen LogP contribution in [0, 0.1) is 0 Å². The summed E-state index contributed by atoms with van der Waals surface area (Å²) in [6, 6.07) is 1.84. The second-order valence-corrected chi connectivity index (χ2v) is 5.08. The summed E-state index contributed by atoms with van der Waals surface area (Å²) < 4.78 is 40.9. The van der Waals surface area contributed by atoms with E-state index in [9.17, 15) is 13.3 Å². The molecule has 0 aromatic heterocycles. The summed E-state index contributed by atoms with van der Waals surface area (Å²) in [6.07, 6.45) is 0. The van der Waals surface area contributed by atoms with Crippen molar-refractivity contribution in [3.8, 4) is 11.5 Å². The Morgan fingerprint density at radius 2 is 2.06 bits per heavy atom. The second kappa shape index (κ2) is 5.03. The number of rotatable bonds is 4. The molecular formula is C7H9NO7PS-. The summed E-state index contributed by atoms with van der Waals surface area (Å²) in [6.45, 7) is 0. The van der Waals surface area contributed by atoms with E-state index in [1.165, 1.54) is 7.11 Å². The van der Waals surface area contributed by atoms with Crippen LogP contribution in [-0.2, 0) is 15.9 Å². The molecule has 10 heteroatoms. The van der Waals surface area contributed by atoms with Crippen LogP contribution < -0.4 is 20.0 Å². The number of hydrogen-bond acceptors (Lipinski definition) is 6. The number of anilines is 1. The lowest BCUT2D eigenvalue weighted by molar-refractivity contribution is 0.381. The Labute approximate surface area is 99.0 Å². The third kappa shape index (κ3) is 3.42. The van der Waals surface area contributed by atoms with Crippen LogP contribution in [0.4, 0.5) is 5.69 Å². The highest BCUT2D eigenvalue weighted by Crippen LogP contribution is 2.40. The molecule has 0 aliphatic carbocycles. The van der Waals surface area contributed by atoms with Crippen molar-refractivity contribution in [2.75, 3.05) is 12.8 Å². The van der Waals surface area contributed by atoms with Crippen LogP contribution in [-0.4, -0.2) is 25.7 Å². The monoisotopic (exact) mass is 282 g/mol. The molecule has 1 aromatic carbocycles. The normalized spacial score (nSPS) is 13.2. The average Bonchev–Trinajstić information content (AvgIpc) is 2.14. The lowest BCUT2D eigenvalue weighted by Crippen LogP contribution is -2.10. The van der Waals surface area contributed by atoms with Crippen molar-refractivity contribution in [2.24, 2.45) is 0 Å². The molecule has 1 atom stereocenters. The molecular weight excluding hydrogens is 273 g/mol. The molecule has 0 bridgehead atoms.